The summed E-state index contributed by atoms with van der Waals surface area (Å²) in [6.45, 7) is 3.32. The van der Waals surface area contributed by atoms with Crippen molar-refractivity contribution in [3.63, 3.8) is 0 Å². The zero-order valence-corrected chi connectivity index (χ0v) is 16.7. The van der Waals surface area contributed by atoms with Crippen LogP contribution in [-0.4, -0.2) is 25.0 Å². The van der Waals surface area contributed by atoms with Crippen molar-refractivity contribution in [3.8, 4) is 17.0 Å². The van der Waals surface area contributed by atoms with Gasteiger partial charge in [0.2, 0.25) is 10.0 Å². The maximum atomic E-state index is 12.4. The molecule has 0 amide bonds. The molecule has 0 bridgehead atoms. The molecule has 0 radical (unpaired) electrons. The standard InChI is InChI=1S/C21H22N2O4S/c1-15-9-11-19(12-10-15)28(25,26)22-16(2)21(24)27-18-13-20(23(3)14-18)17-7-5-4-6-8-17/h4-14,16,22H,1-3H3. The van der Waals surface area contributed by atoms with Crippen molar-refractivity contribution in [1.82, 2.24) is 9.29 Å². The van der Waals surface area contributed by atoms with Crippen LogP contribution in [-0.2, 0) is 21.9 Å². The number of carbonyl (C=O) groups is 1. The molecule has 0 saturated carbocycles. The lowest BCUT2D eigenvalue weighted by molar-refractivity contribution is -0.135. The van der Waals surface area contributed by atoms with Gasteiger partial charge in [0, 0.05) is 19.3 Å². The van der Waals surface area contributed by atoms with Crippen molar-refractivity contribution in [3.05, 3.63) is 72.4 Å². The van der Waals surface area contributed by atoms with Gasteiger partial charge in [0.15, 0.2) is 0 Å². The molecule has 2 aromatic carbocycles. The molecular formula is C21H22N2O4S. The molecule has 7 heteroatoms. The zero-order chi connectivity index (χ0) is 20.3. The Labute approximate surface area is 164 Å². The molecule has 0 spiro atoms. The van der Waals surface area contributed by atoms with E-state index in [9.17, 15) is 13.2 Å². The van der Waals surface area contributed by atoms with Crippen LogP contribution in [0.5, 0.6) is 5.75 Å². The summed E-state index contributed by atoms with van der Waals surface area (Å²) < 4.78 is 34.4. The molecule has 1 aromatic heterocycles. The van der Waals surface area contributed by atoms with Crippen LogP contribution >= 0.6 is 0 Å². The molecule has 0 aliphatic rings. The minimum Gasteiger partial charge on any atom is -0.424 e. The van der Waals surface area contributed by atoms with Crippen molar-refractivity contribution in [2.75, 3.05) is 0 Å². The Kier molecular flexibility index (Phi) is 5.67. The van der Waals surface area contributed by atoms with Gasteiger partial charge in [-0.15, -0.1) is 0 Å². The van der Waals surface area contributed by atoms with Gasteiger partial charge in [-0.1, -0.05) is 48.0 Å². The van der Waals surface area contributed by atoms with Gasteiger partial charge < -0.3 is 9.30 Å². The van der Waals surface area contributed by atoms with Crippen LogP contribution in [0.15, 0.2) is 71.8 Å². The minimum absolute atomic E-state index is 0.101. The summed E-state index contributed by atoms with van der Waals surface area (Å²) in [5.41, 5.74) is 2.82. The number of sulfonamides is 1. The van der Waals surface area contributed by atoms with Gasteiger partial charge in [-0.2, -0.15) is 4.72 Å². The van der Waals surface area contributed by atoms with Crippen LogP contribution in [0.25, 0.3) is 11.3 Å². The van der Waals surface area contributed by atoms with Gasteiger partial charge in [-0.3, -0.25) is 0 Å². The number of nitrogens with zero attached hydrogens (tertiary/aromatic N) is 1. The number of rotatable bonds is 6. The zero-order valence-electron chi connectivity index (χ0n) is 15.9. The molecule has 28 heavy (non-hydrogen) atoms. The topological polar surface area (TPSA) is 77.4 Å². The number of esters is 1. The number of carbonyl (C=O) groups excluding carboxylic acids is 1. The maximum Gasteiger partial charge on any atom is 0.329 e. The van der Waals surface area contributed by atoms with Crippen LogP contribution < -0.4 is 9.46 Å². The average molecular weight is 398 g/mol. The fourth-order valence-corrected chi connectivity index (χ4v) is 3.95. The number of ether oxygens (including phenoxy) is 1. The smallest absolute Gasteiger partial charge is 0.329 e. The second-order valence-electron chi connectivity index (χ2n) is 6.62. The molecule has 0 fully saturated rings. The number of benzene rings is 2. The van der Waals surface area contributed by atoms with Crippen LogP contribution in [0.1, 0.15) is 12.5 Å². The fourth-order valence-electron chi connectivity index (χ4n) is 2.76. The lowest BCUT2D eigenvalue weighted by atomic mass is 10.1. The van der Waals surface area contributed by atoms with Gasteiger partial charge in [-0.05, 0) is 31.5 Å². The van der Waals surface area contributed by atoms with E-state index >= 15 is 0 Å². The van der Waals surface area contributed by atoms with Gasteiger partial charge in [-0.25, -0.2) is 13.2 Å². The van der Waals surface area contributed by atoms with Crippen LogP contribution in [0.3, 0.4) is 0 Å². The van der Waals surface area contributed by atoms with Crippen molar-refractivity contribution >= 4 is 16.0 Å². The number of nitrogens with one attached hydrogen (secondary N) is 1. The summed E-state index contributed by atoms with van der Waals surface area (Å²) in [6.07, 6.45) is 1.68. The monoisotopic (exact) mass is 398 g/mol. The third-order valence-electron chi connectivity index (χ3n) is 4.28. The van der Waals surface area contributed by atoms with Crippen molar-refractivity contribution in [2.45, 2.75) is 24.8 Å². The molecular weight excluding hydrogens is 376 g/mol. The van der Waals surface area contributed by atoms with E-state index in [2.05, 4.69) is 4.72 Å². The first-order valence-corrected chi connectivity index (χ1v) is 10.3. The predicted molar refractivity (Wildman–Crippen MR) is 107 cm³/mol. The molecule has 0 aliphatic heterocycles. The number of aryl methyl sites for hydroxylation is 2. The Bertz CT molecular complexity index is 1070. The Hall–Kier alpha value is -2.90. The van der Waals surface area contributed by atoms with Crippen molar-refractivity contribution < 1.29 is 17.9 Å². The third kappa shape index (κ3) is 4.49. The third-order valence-corrected chi connectivity index (χ3v) is 5.84. The Morgan fingerprint density at radius 1 is 1.07 bits per heavy atom. The fraction of sp³-hybridized carbons (Fsp3) is 0.190. The van der Waals surface area contributed by atoms with Crippen molar-refractivity contribution in [2.24, 2.45) is 7.05 Å². The highest BCUT2D eigenvalue weighted by Crippen LogP contribution is 2.25. The Morgan fingerprint density at radius 2 is 1.71 bits per heavy atom. The lowest BCUT2D eigenvalue weighted by Gasteiger charge is -2.13. The molecule has 146 valence electrons. The first kappa shape index (κ1) is 19.9. The van der Waals surface area contributed by atoms with Gasteiger partial charge >= 0.3 is 5.97 Å². The van der Waals surface area contributed by atoms with Gasteiger partial charge in [0.25, 0.3) is 0 Å². The summed E-state index contributed by atoms with van der Waals surface area (Å²) in [7, 11) is -1.97. The summed E-state index contributed by atoms with van der Waals surface area (Å²) in [6, 6.07) is 16.8. The highest BCUT2D eigenvalue weighted by atomic mass is 32.2. The SMILES string of the molecule is Cc1ccc(S(=O)(=O)NC(C)C(=O)Oc2cc(-c3ccccc3)n(C)c2)cc1. The Morgan fingerprint density at radius 3 is 2.36 bits per heavy atom. The number of hydrogen-bond donors (Lipinski definition) is 1. The van der Waals surface area contributed by atoms with E-state index < -0.39 is 22.0 Å². The van der Waals surface area contributed by atoms with E-state index in [0.717, 1.165) is 16.8 Å². The highest BCUT2D eigenvalue weighted by Gasteiger charge is 2.24. The first-order valence-electron chi connectivity index (χ1n) is 8.79. The van der Waals surface area contributed by atoms with E-state index in [1.165, 1.54) is 19.1 Å². The predicted octanol–water partition coefficient (Wildman–Crippen LogP) is 3.27. The minimum atomic E-state index is -3.82. The van der Waals surface area contributed by atoms with Crippen LogP contribution in [0.4, 0.5) is 0 Å². The summed E-state index contributed by atoms with van der Waals surface area (Å²) in [4.78, 5) is 12.5. The molecule has 0 saturated heterocycles. The molecule has 1 atom stereocenters. The number of aromatic nitrogens is 1. The molecule has 1 unspecified atom stereocenters. The number of hydrogen-bond acceptors (Lipinski definition) is 4. The summed E-state index contributed by atoms with van der Waals surface area (Å²) in [5.74, 6) is -0.325. The van der Waals surface area contributed by atoms with E-state index in [-0.39, 0.29) is 4.90 Å². The second-order valence-corrected chi connectivity index (χ2v) is 8.33. The molecule has 6 nitrogen and oxygen atoms in total. The average Bonchev–Trinajstić information content (AvgIpc) is 3.02. The molecule has 3 aromatic rings. The molecule has 3 rings (SSSR count). The molecule has 0 aliphatic carbocycles. The second kappa shape index (κ2) is 8.00. The quantitative estimate of drug-likeness (QED) is 0.647. The van der Waals surface area contributed by atoms with E-state index in [1.54, 1.807) is 24.4 Å². The largest absolute Gasteiger partial charge is 0.424 e. The van der Waals surface area contributed by atoms with Crippen LogP contribution in [0.2, 0.25) is 0 Å². The first-order chi connectivity index (χ1) is 13.3. The van der Waals surface area contributed by atoms with Gasteiger partial charge in [0.1, 0.15) is 11.8 Å². The highest BCUT2D eigenvalue weighted by molar-refractivity contribution is 7.89. The lowest BCUT2D eigenvalue weighted by Crippen LogP contribution is -2.40. The van der Waals surface area contributed by atoms with E-state index in [1.807, 2.05) is 48.9 Å². The Balaban J connectivity index is 1.70. The summed E-state index contributed by atoms with van der Waals surface area (Å²) >= 11 is 0. The van der Waals surface area contributed by atoms with Crippen LogP contribution in [0, 0.1) is 6.92 Å². The summed E-state index contributed by atoms with van der Waals surface area (Å²) in [5, 5.41) is 0. The molecule has 1 heterocycles. The van der Waals surface area contributed by atoms with E-state index in [0.29, 0.717) is 5.75 Å². The maximum absolute atomic E-state index is 12.4. The van der Waals surface area contributed by atoms with E-state index in [4.69, 9.17) is 4.74 Å². The van der Waals surface area contributed by atoms with Crippen molar-refractivity contribution in [1.29, 1.82) is 0 Å². The normalized spacial score (nSPS) is 12.5. The van der Waals surface area contributed by atoms with Gasteiger partial charge in [0.05, 0.1) is 10.6 Å². The molecule has 1 N–H and O–H groups in total.